The van der Waals surface area contributed by atoms with Gasteiger partial charge in [0.25, 0.3) is 0 Å². The van der Waals surface area contributed by atoms with Crippen LogP contribution in [0, 0.1) is 0 Å². The van der Waals surface area contributed by atoms with E-state index in [0.29, 0.717) is 12.0 Å². The predicted molar refractivity (Wildman–Crippen MR) is 133 cm³/mol. The van der Waals surface area contributed by atoms with Gasteiger partial charge in [0.05, 0.1) is 0 Å². The lowest BCUT2D eigenvalue weighted by molar-refractivity contribution is 0.103. The highest BCUT2D eigenvalue weighted by Gasteiger charge is 2.27. The summed E-state index contributed by atoms with van der Waals surface area (Å²) in [7, 11) is 0. The molecule has 0 amide bonds. The van der Waals surface area contributed by atoms with Crippen molar-refractivity contribution in [3.8, 4) is 5.75 Å². The summed E-state index contributed by atoms with van der Waals surface area (Å²) >= 11 is 1.71. The molecule has 168 valence electrons. The van der Waals surface area contributed by atoms with Crippen molar-refractivity contribution < 1.29 is 9.90 Å². The second-order valence-corrected chi connectivity index (χ2v) is 10.8. The van der Waals surface area contributed by atoms with Crippen molar-refractivity contribution in [3.05, 3.63) is 64.0 Å². The van der Waals surface area contributed by atoms with Crippen molar-refractivity contribution in [2.24, 2.45) is 0 Å². The highest BCUT2D eigenvalue weighted by molar-refractivity contribution is 7.19. The SMILES string of the molecule is CC(Cc1ccc(C(=O)c2c(C3CCCCC3)sc3cc(O)ccc23)cc1)N1CCCC1. The number of thiophene rings is 1. The minimum atomic E-state index is 0.127. The second-order valence-electron chi connectivity index (χ2n) is 9.68. The van der Waals surface area contributed by atoms with E-state index in [2.05, 4.69) is 24.0 Å². The fraction of sp³-hybridized carbons (Fsp3) is 0.464. The summed E-state index contributed by atoms with van der Waals surface area (Å²) in [5.74, 6) is 0.855. The predicted octanol–water partition coefficient (Wildman–Crippen LogP) is 6.91. The van der Waals surface area contributed by atoms with Gasteiger partial charge >= 0.3 is 0 Å². The third-order valence-electron chi connectivity index (χ3n) is 7.42. The average Bonchev–Trinajstić information content (AvgIpc) is 3.48. The number of hydrogen-bond donors (Lipinski definition) is 1. The smallest absolute Gasteiger partial charge is 0.194 e. The minimum absolute atomic E-state index is 0.127. The zero-order valence-electron chi connectivity index (χ0n) is 19.0. The molecule has 1 N–H and O–H groups in total. The number of nitrogens with zero attached hydrogens (tertiary/aromatic N) is 1. The molecule has 2 aliphatic rings. The summed E-state index contributed by atoms with van der Waals surface area (Å²) < 4.78 is 1.02. The number of likely N-dealkylation sites (tertiary alicyclic amines) is 1. The van der Waals surface area contributed by atoms with Crippen LogP contribution in [-0.4, -0.2) is 34.9 Å². The maximum absolute atomic E-state index is 13.7. The number of ketones is 1. The van der Waals surface area contributed by atoms with Crippen LogP contribution in [-0.2, 0) is 6.42 Å². The number of benzene rings is 2. The Hall–Kier alpha value is -2.17. The minimum Gasteiger partial charge on any atom is -0.508 e. The first-order chi connectivity index (χ1) is 15.6. The van der Waals surface area contributed by atoms with Crippen LogP contribution in [0.1, 0.15) is 84.1 Å². The van der Waals surface area contributed by atoms with Crippen LogP contribution in [0.4, 0.5) is 0 Å². The van der Waals surface area contributed by atoms with Crippen LogP contribution in [0.2, 0.25) is 0 Å². The third kappa shape index (κ3) is 4.35. The average molecular weight is 448 g/mol. The molecule has 0 spiro atoms. The van der Waals surface area contributed by atoms with Gasteiger partial charge in [0.15, 0.2) is 5.78 Å². The van der Waals surface area contributed by atoms with Crippen molar-refractivity contribution in [2.75, 3.05) is 13.1 Å². The first kappa shape index (κ1) is 21.7. The Labute approximate surface area is 195 Å². The molecule has 2 fully saturated rings. The van der Waals surface area contributed by atoms with E-state index in [1.807, 2.05) is 24.3 Å². The Morgan fingerprint density at radius 2 is 1.75 bits per heavy atom. The molecule has 1 unspecified atom stereocenters. The fourth-order valence-electron chi connectivity index (χ4n) is 5.58. The maximum atomic E-state index is 13.7. The van der Waals surface area contributed by atoms with Gasteiger partial charge in [-0.3, -0.25) is 4.79 Å². The lowest BCUT2D eigenvalue weighted by Gasteiger charge is -2.23. The first-order valence-electron chi connectivity index (χ1n) is 12.2. The van der Waals surface area contributed by atoms with Crippen LogP contribution in [0.3, 0.4) is 0 Å². The van der Waals surface area contributed by atoms with Crippen molar-refractivity contribution in [1.29, 1.82) is 0 Å². The van der Waals surface area contributed by atoms with Crippen LogP contribution in [0.15, 0.2) is 42.5 Å². The molecule has 4 heteroatoms. The topological polar surface area (TPSA) is 40.5 Å². The van der Waals surface area contributed by atoms with Gasteiger partial charge in [0, 0.05) is 32.1 Å². The van der Waals surface area contributed by atoms with Gasteiger partial charge < -0.3 is 10.0 Å². The van der Waals surface area contributed by atoms with E-state index in [9.17, 15) is 9.90 Å². The summed E-state index contributed by atoms with van der Waals surface area (Å²) in [6.07, 6.45) is 9.74. The zero-order chi connectivity index (χ0) is 22.1. The molecule has 3 nitrogen and oxygen atoms in total. The molecular formula is C28H33NO2S. The van der Waals surface area contributed by atoms with E-state index in [4.69, 9.17) is 0 Å². The van der Waals surface area contributed by atoms with Crippen molar-refractivity contribution in [1.82, 2.24) is 4.90 Å². The van der Waals surface area contributed by atoms with Crippen LogP contribution >= 0.6 is 11.3 Å². The van der Waals surface area contributed by atoms with Crippen LogP contribution in [0.5, 0.6) is 5.75 Å². The molecule has 2 aromatic carbocycles. The monoisotopic (exact) mass is 447 g/mol. The Kier molecular flexibility index (Phi) is 6.34. The number of carbonyl (C=O) groups excluding carboxylic acids is 1. The molecule has 2 heterocycles. The van der Waals surface area contributed by atoms with Crippen LogP contribution < -0.4 is 0 Å². The summed E-state index contributed by atoms with van der Waals surface area (Å²) in [4.78, 5) is 17.5. The summed E-state index contributed by atoms with van der Waals surface area (Å²) in [6, 6.07) is 14.3. The standard InChI is InChI=1S/C28H33NO2S/c1-19(29-15-5-6-16-29)17-20-9-11-21(12-10-20)27(31)26-24-14-13-23(30)18-25(24)32-28(26)22-7-3-2-4-8-22/h9-14,18-19,22,30H,2-8,15-17H2,1H3. The molecule has 5 rings (SSSR count). The summed E-state index contributed by atoms with van der Waals surface area (Å²) in [5, 5.41) is 11.0. The van der Waals surface area contributed by atoms with Gasteiger partial charge in [-0.25, -0.2) is 0 Å². The molecule has 1 aliphatic heterocycles. The summed E-state index contributed by atoms with van der Waals surface area (Å²) in [6.45, 7) is 4.73. The molecule has 1 atom stereocenters. The fourth-order valence-corrected chi connectivity index (χ4v) is 6.98. The zero-order valence-corrected chi connectivity index (χ0v) is 19.8. The molecule has 1 saturated heterocycles. The molecule has 3 aromatic rings. The van der Waals surface area contributed by atoms with E-state index < -0.39 is 0 Å². The number of rotatable bonds is 6. The maximum Gasteiger partial charge on any atom is 0.194 e. The normalized spacial score (nSPS) is 18.9. The molecule has 0 bridgehead atoms. The highest BCUT2D eigenvalue weighted by Crippen LogP contribution is 2.44. The van der Waals surface area contributed by atoms with Gasteiger partial charge in [0.2, 0.25) is 0 Å². The number of fused-ring (bicyclic) bond motifs is 1. The summed E-state index contributed by atoms with van der Waals surface area (Å²) in [5.41, 5.74) is 2.94. The van der Waals surface area contributed by atoms with Gasteiger partial charge in [-0.15, -0.1) is 11.3 Å². The lowest BCUT2D eigenvalue weighted by atomic mass is 9.85. The molecule has 1 aliphatic carbocycles. The Bertz CT molecular complexity index is 1090. The largest absolute Gasteiger partial charge is 0.508 e. The van der Waals surface area contributed by atoms with E-state index in [1.165, 1.54) is 55.6 Å². The van der Waals surface area contributed by atoms with Crippen molar-refractivity contribution in [3.63, 3.8) is 0 Å². The van der Waals surface area contributed by atoms with E-state index in [1.54, 1.807) is 17.4 Å². The lowest BCUT2D eigenvalue weighted by Crippen LogP contribution is -2.31. The van der Waals surface area contributed by atoms with Crippen molar-refractivity contribution >= 4 is 27.2 Å². The van der Waals surface area contributed by atoms with Gasteiger partial charge in [-0.2, -0.15) is 0 Å². The molecule has 0 radical (unpaired) electrons. The van der Waals surface area contributed by atoms with Gasteiger partial charge in [0.1, 0.15) is 5.75 Å². The molecule has 32 heavy (non-hydrogen) atoms. The van der Waals surface area contributed by atoms with E-state index in [-0.39, 0.29) is 11.5 Å². The van der Waals surface area contributed by atoms with Gasteiger partial charge in [-0.1, -0.05) is 43.5 Å². The van der Waals surface area contributed by atoms with E-state index in [0.717, 1.165) is 40.5 Å². The van der Waals surface area contributed by atoms with E-state index >= 15 is 0 Å². The number of phenols is 1. The quantitative estimate of drug-likeness (QED) is 0.417. The van der Waals surface area contributed by atoms with Gasteiger partial charge in [-0.05, 0) is 81.8 Å². The van der Waals surface area contributed by atoms with Crippen LogP contribution in [0.25, 0.3) is 10.1 Å². The molecular weight excluding hydrogens is 414 g/mol. The second kappa shape index (κ2) is 9.36. The Balaban J connectivity index is 1.43. The number of carbonyl (C=O) groups is 1. The number of aromatic hydroxyl groups is 1. The highest BCUT2D eigenvalue weighted by atomic mass is 32.1. The number of phenolic OH excluding ortho intramolecular Hbond substituents is 1. The Morgan fingerprint density at radius 1 is 1.03 bits per heavy atom. The molecule has 1 aromatic heterocycles. The first-order valence-corrected chi connectivity index (χ1v) is 13.0. The third-order valence-corrected chi connectivity index (χ3v) is 8.73. The number of hydrogen-bond acceptors (Lipinski definition) is 4. The van der Waals surface area contributed by atoms with Crippen molar-refractivity contribution in [2.45, 2.75) is 70.3 Å². The molecule has 1 saturated carbocycles. The Morgan fingerprint density at radius 3 is 2.47 bits per heavy atom.